The van der Waals surface area contributed by atoms with Gasteiger partial charge < -0.3 is 10.2 Å². The average molecular weight is 234 g/mol. The minimum atomic E-state index is 0.974. The lowest BCUT2D eigenvalue weighted by molar-refractivity contribution is 0.158. The second kappa shape index (κ2) is 5.98. The summed E-state index contributed by atoms with van der Waals surface area (Å²) in [4.78, 5) is 9.22. The minimum Gasteiger partial charge on any atom is -0.369 e. The molecule has 2 heterocycles. The molecule has 1 saturated heterocycles. The third-order valence-electron chi connectivity index (χ3n) is 3.33. The molecule has 4 nitrogen and oxygen atoms in total. The molecule has 17 heavy (non-hydrogen) atoms. The summed E-state index contributed by atoms with van der Waals surface area (Å²) in [6.45, 7) is 8.89. The molecular formula is C13H22N4. The molecule has 1 N–H and O–H groups in total. The van der Waals surface area contributed by atoms with Gasteiger partial charge in [0, 0.05) is 45.5 Å². The van der Waals surface area contributed by atoms with Gasteiger partial charge in [0.15, 0.2) is 0 Å². The number of aryl methyl sites for hydroxylation is 1. The first kappa shape index (κ1) is 12.3. The van der Waals surface area contributed by atoms with Crippen LogP contribution in [0.15, 0.2) is 18.3 Å². The summed E-state index contributed by atoms with van der Waals surface area (Å²) in [7, 11) is 2.19. The van der Waals surface area contributed by atoms with Crippen LogP contribution in [0.3, 0.4) is 0 Å². The van der Waals surface area contributed by atoms with E-state index >= 15 is 0 Å². The van der Waals surface area contributed by atoms with Crippen LogP contribution in [0, 0.1) is 6.92 Å². The number of anilines is 1. The molecule has 1 aromatic heterocycles. The van der Waals surface area contributed by atoms with Crippen LogP contribution in [0.25, 0.3) is 0 Å². The Morgan fingerprint density at radius 3 is 2.76 bits per heavy atom. The third kappa shape index (κ3) is 3.68. The topological polar surface area (TPSA) is 31.4 Å². The van der Waals surface area contributed by atoms with Gasteiger partial charge in [-0.1, -0.05) is 6.07 Å². The van der Waals surface area contributed by atoms with Crippen LogP contribution < -0.4 is 5.32 Å². The van der Waals surface area contributed by atoms with Gasteiger partial charge in [-0.3, -0.25) is 4.90 Å². The molecule has 0 aromatic carbocycles. The zero-order chi connectivity index (χ0) is 12.1. The summed E-state index contributed by atoms with van der Waals surface area (Å²) in [6.07, 6.45) is 1.84. The van der Waals surface area contributed by atoms with Gasteiger partial charge in [-0.05, 0) is 25.6 Å². The molecule has 4 heteroatoms. The monoisotopic (exact) mass is 234 g/mol. The first-order chi connectivity index (χ1) is 8.25. The normalized spacial score (nSPS) is 18.2. The second-order valence-corrected chi connectivity index (χ2v) is 4.74. The van der Waals surface area contributed by atoms with Crippen LogP contribution >= 0.6 is 0 Å². The molecule has 0 amide bonds. The van der Waals surface area contributed by atoms with Crippen molar-refractivity contribution in [3.63, 3.8) is 0 Å². The predicted molar refractivity (Wildman–Crippen MR) is 71.4 cm³/mol. The number of piperazine rings is 1. The Morgan fingerprint density at radius 2 is 2.06 bits per heavy atom. The van der Waals surface area contributed by atoms with Crippen LogP contribution in [0.2, 0.25) is 0 Å². The fraction of sp³-hybridized carbons (Fsp3) is 0.615. The van der Waals surface area contributed by atoms with Crippen molar-refractivity contribution in [3.05, 3.63) is 23.9 Å². The van der Waals surface area contributed by atoms with Gasteiger partial charge in [0.05, 0.1) is 0 Å². The predicted octanol–water partition coefficient (Wildman–Crippen LogP) is 1.05. The third-order valence-corrected chi connectivity index (χ3v) is 3.33. The fourth-order valence-electron chi connectivity index (χ4n) is 2.07. The molecule has 0 radical (unpaired) electrons. The van der Waals surface area contributed by atoms with Crippen molar-refractivity contribution in [1.29, 1.82) is 0 Å². The van der Waals surface area contributed by atoms with Crippen molar-refractivity contribution in [2.45, 2.75) is 6.92 Å². The Balaban J connectivity index is 1.71. The number of rotatable bonds is 4. The summed E-state index contributed by atoms with van der Waals surface area (Å²) >= 11 is 0. The molecule has 1 aromatic rings. The lowest BCUT2D eigenvalue weighted by atomic mass is 10.3. The number of hydrogen-bond donors (Lipinski definition) is 1. The first-order valence-corrected chi connectivity index (χ1v) is 6.32. The Hall–Kier alpha value is -1.13. The Labute approximate surface area is 104 Å². The van der Waals surface area contributed by atoms with Crippen LogP contribution in [0.5, 0.6) is 0 Å². The van der Waals surface area contributed by atoms with Crippen LogP contribution in [0.1, 0.15) is 5.56 Å². The largest absolute Gasteiger partial charge is 0.369 e. The highest BCUT2D eigenvalue weighted by Gasteiger charge is 2.12. The van der Waals surface area contributed by atoms with E-state index in [1.807, 2.05) is 12.3 Å². The van der Waals surface area contributed by atoms with Crippen LogP contribution in [0.4, 0.5) is 5.82 Å². The number of likely N-dealkylation sites (N-methyl/N-ethyl adjacent to an activating group) is 1. The van der Waals surface area contributed by atoms with Crippen LogP contribution in [-0.2, 0) is 0 Å². The summed E-state index contributed by atoms with van der Waals surface area (Å²) in [6, 6.07) is 4.06. The van der Waals surface area contributed by atoms with E-state index in [1.54, 1.807) is 0 Å². The molecule has 0 saturated carbocycles. The number of aromatic nitrogens is 1. The molecule has 0 spiro atoms. The Bertz CT molecular complexity index is 345. The molecule has 94 valence electrons. The molecule has 0 aliphatic carbocycles. The van der Waals surface area contributed by atoms with Gasteiger partial charge in [0.25, 0.3) is 0 Å². The molecule has 2 rings (SSSR count). The number of nitrogens with one attached hydrogen (secondary N) is 1. The van der Waals surface area contributed by atoms with E-state index in [-0.39, 0.29) is 0 Å². The summed E-state index contributed by atoms with van der Waals surface area (Å²) in [5.74, 6) is 1.02. The standard InChI is InChI=1S/C13H22N4/c1-12-4-3-5-14-13(12)15-6-7-17-10-8-16(2)9-11-17/h3-5H,6-11H2,1-2H3,(H,14,15). The lowest BCUT2D eigenvalue weighted by Gasteiger charge is -2.32. The van der Waals surface area contributed by atoms with E-state index in [9.17, 15) is 0 Å². The van der Waals surface area contributed by atoms with E-state index in [0.29, 0.717) is 0 Å². The van der Waals surface area contributed by atoms with Crippen molar-refractivity contribution in [3.8, 4) is 0 Å². The molecule has 1 fully saturated rings. The zero-order valence-electron chi connectivity index (χ0n) is 10.8. The van der Waals surface area contributed by atoms with E-state index in [4.69, 9.17) is 0 Å². The average Bonchev–Trinajstić information content (AvgIpc) is 2.34. The highest BCUT2D eigenvalue weighted by molar-refractivity contribution is 5.42. The minimum absolute atomic E-state index is 0.974. The molecule has 0 bridgehead atoms. The van der Waals surface area contributed by atoms with E-state index in [1.165, 1.54) is 31.7 Å². The summed E-state index contributed by atoms with van der Waals surface area (Å²) in [5.41, 5.74) is 1.21. The maximum absolute atomic E-state index is 4.34. The number of nitrogens with zero attached hydrogens (tertiary/aromatic N) is 3. The Kier molecular flexibility index (Phi) is 4.34. The van der Waals surface area contributed by atoms with Crippen molar-refractivity contribution in [2.75, 3.05) is 51.6 Å². The summed E-state index contributed by atoms with van der Waals surface area (Å²) < 4.78 is 0. The lowest BCUT2D eigenvalue weighted by Crippen LogP contribution is -2.45. The molecular weight excluding hydrogens is 212 g/mol. The van der Waals surface area contributed by atoms with Crippen molar-refractivity contribution >= 4 is 5.82 Å². The first-order valence-electron chi connectivity index (χ1n) is 6.32. The van der Waals surface area contributed by atoms with Crippen LogP contribution in [-0.4, -0.2) is 61.1 Å². The number of hydrogen-bond acceptors (Lipinski definition) is 4. The van der Waals surface area contributed by atoms with E-state index in [0.717, 1.165) is 18.9 Å². The van der Waals surface area contributed by atoms with Gasteiger partial charge in [-0.15, -0.1) is 0 Å². The SMILES string of the molecule is Cc1cccnc1NCCN1CCN(C)CC1. The molecule has 1 aliphatic rings. The molecule has 0 unspecified atom stereocenters. The quantitative estimate of drug-likeness (QED) is 0.844. The zero-order valence-corrected chi connectivity index (χ0v) is 10.8. The highest BCUT2D eigenvalue weighted by Crippen LogP contribution is 2.08. The second-order valence-electron chi connectivity index (χ2n) is 4.74. The number of pyridine rings is 1. The van der Waals surface area contributed by atoms with E-state index < -0.39 is 0 Å². The fourth-order valence-corrected chi connectivity index (χ4v) is 2.07. The van der Waals surface area contributed by atoms with Gasteiger partial charge in [0.1, 0.15) is 5.82 Å². The smallest absolute Gasteiger partial charge is 0.128 e. The molecule has 1 aliphatic heterocycles. The van der Waals surface area contributed by atoms with Gasteiger partial charge >= 0.3 is 0 Å². The Morgan fingerprint density at radius 1 is 1.29 bits per heavy atom. The van der Waals surface area contributed by atoms with Gasteiger partial charge in [0.2, 0.25) is 0 Å². The van der Waals surface area contributed by atoms with Crippen molar-refractivity contribution in [2.24, 2.45) is 0 Å². The van der Waals surface area contributed by atoms with Gasteiger partial charge in [-0.2, -0.15) is 0 Å². The van der Waals surface area contributed by atoms with Gasteiger partial charge in [-0.25, -0.2) is 4.98 Å². The maximum atomic E-state index is 4.34. The van der Waals surface area contributed by atoms with E-state index in [2.05, 4.69) is 40.1 Å². The highest BCUT2D eigenvalue weighted by atomic mass is 15.2. The van der Waals surface area contributed by atoms with Crippen molar-refractivity contribution < 1.29 is 0 Å². The van der Waals surface area contributed by atoms with Crippen molar-refractivity contribution in [1.82, 2.24) is 14.8 Å². The summed E-state index contributed by atoms with van der Waals surface area (Å²) in [5, 5.41) is 3.41. The molecule has 0 atom stereocenters. The maximum Gasteiger partial charge on any atom is 0.128 e.